The van der Waals surface area contributed by atoms with Crippen molar-refractivity contribution in [3.8, 4) is 0 Å². The zero-order valence-electron chi connectivity index (χ0n) is 8.13. The van der Waals surface area contributed by atoms with Gasteiger partial charge in [-0.1, -0.05) is 29.3 Å². The molecule has 15 heavy (non-hydrogen) atoms. The van der Waals surface area contributed by atoms with E-state index in [0.29, 0.717) is 10.0 Å². The topological polar surface area (TPSA) is 49.3 Å². The Labute approximate surface area is 98.0 Å². The van der Waals surface area contributed by atoms with Crippen LogP contribution in [0.4, 0.5) is 0 Å². The van der Waals surface area contributed by atoms with E-state index >= 15 is 0 Å². The van der Waals surface area contributed by atoms with E-state index in [2.05, 4.69) is 5.32 Å². The molecule has 3 nitrogen and oxygen atoms in total. The highest BCUT2D eigenvalue weighted by Gasteiger charge is 2.11. The van der Waals surface area contributed by atoms with Gasteiger partial charge in [-0.2, -0.15) is 0 Å². The van der Waals surface area contributed by atoms with Crippen molar-refractivity contribution >= 4 is 29.1 Å². The van der Waals surface area contributed by atoms with Crippen molar-refractivity contribution < 1.29 is 9.90 Å². The fourth-order valence-electron chi connectivity index (χ4n) is 1.22. The summed E-state index contributed by atoms with van der Waals surface area (Å²) in [5.74, 6) is -0.437. The van der Waals surface area contributed by atoms with E-state index in [9.17, 15) is 4.79 Å². The molecule has 1 aromatic rings. The van der Waals surface area contributed by atoms with Crippen molar-refractivity contribution in [2.75, 3.05) is 6.61 Å². The molecule has 5 heteroatoms. The van der Waals surface area contributed by atoms with Gasteiger partial charge in [-0.25, -0.2) is 0 Å². The lowest BCUT2D eigenvalue weighted by Crippen LogP contribution is -2.29. The molecule has 82 valence electrons. The van der Waals surface area contributed by atoms with E-state index in [4.69, 9.17) is 28.3 Å². The second-order valence-electron chi connectivity index (χ2n) is 3.11. The number of halogens is 2. The van der Waals surface area contributed by atoms with E-state index in [1.54, 1.807) is 25.1 Å². The first-order valence-corrected chi connectivity index (χ1v) is 5.15. The maximum absolute atomic E-state index is 10.9. The molecule has 1 unspecified atom stereocenters. The molecule has 2 N–H and O–H groups in total. The zero-order chi connectivity index (χ0) is 11.4. The van der Waals surface area contributed by atoms with Crippen LogP contribution in [0.25, 0.3) is 0 Å². The molecule has 0 saturated carbocycles. The highest BCUT2D eigenvalue weighted by Crippen LogP contribution is 2.25. The number of carbonyl (C=O) groups is 1. The van der Waals surface area contributed by atoms with Gasteiger partial charge >= 0.3 is 0 Å². The second kappa shape index (κ2) is 5.35. The average molecular weight is 248 g/mol. The Morgan fingerprint density at radius 3 is 2.73 bits per heavy atom. The molecule has 0 aliphatic heterocycles. The van der Waals surface area contributed by atoms with Crippen LogP contribution in [-0.4, -0.2) is 17.6 Å². The zero-order valence-corrected chi connectivity index (χ0v) is 9.64. The minimum atomic E-state index is -0.532. The molecule has 1 rings (SSSR count). The molecule has 1 atom stereocenters. The largest absolute Gasteiger partial charge is 0.387 e. The van der Waals surface area contributed by atoms with E-state index in [1.165, 1.54) is 0 Å². The maximum Gasteiger partial charge on any atom is 0.246 e. The van der Waals surface area contributed by atoms with Crippen LogP contribution in [0.15, 0.2) is 18.2 Å². The predicted molar refractivity (Wildman–Crippen MR) is 60.1 cm³/mol. The highest BCUT2D eigenvalue weighted by molar-refractivity contribution is 6.35. The molecule has 0 bridgehead atoms. The van der Waals surface area contributed by atoms with Crippen LogP contribution in [0.2, 0.25) is 10.0 Å². The SMILES string of the molecule is CC(NC(=O)CO)c1ccc(Cl)cc1Cl. The number of benzene rings is 1. The van der Waals surface area contributed by atoms with Crippen molar-refractivity contribution in [3.05, 3.63) is 33.8 Å². The van der Waals surface area contributed by atoms with Gasteiger partial charge in [0.2, 0.25) is 5.91 Å². The summed E-state index contributed by atoms with van der Waals surface area (Å²) < 4.78 is 0. The lowest BCUT2D eigenvalue weighted by Gasteiger charge is -2.15. The van der Waals surface area contributed by atoms with Gasteiger partial charge < -0.3 is 10.4 Å². The normalized spacial score (nSPS) is 12.3. The van der Waals surface area contributed by atoms with Crippen molar-refractivity contribution in [3.63, 3.8) is 0 Å². The first kappa shape index (κ1) is 12.3. The Kier molecular flexibility index (Phi) is 4.39. The first-order chi connectivity index (χ1) is 7.04. The lowest BCUT2D eigenvalue weighted by molar-refractivity contribution is -0.124. The summed E-state index contributed by atoms with van der Waals surface area (Å²) in [4.78, 5) is 10.9. The van der Waals surface area contributed by atoms with Crippen LogP contribution < -0.4 is 5.32 Å². The van der Waals surface area contributed by atoms with Crippen molar-refractivity contribution in [1.29, 1.82) is 0 Å². The third-order valence-electron chi connectivity index (χ3n) is 1.95. The Morgan fingerprint density at radius 2 is 2.20 bits per heavy atom. The Morgan fingerprint density at radius 1 is 1.53 bits per heavy atom. The maximum atomic E-state index is 10.9. The quantitative estimate of drug-likeness (QED) is 0.861. The monoisotopic (exact) mass is 247 g/mol. The predicted octanol–water partition coefficient (Wildman–Crippen LogP) is 2.16. The van der Waals surface area contributed by atoms with Crippen LogP contribution in [0, 0.1) is 0 Å². The van der Waals surface area contributed by atoms with E-state index < -0.39 is 12.5 Å². The minimum Gasteiger partial charge on any atom is -0.387 e. The molecular weight excluding hydrogens is 237 g/mol. The number of hydrogen-bond donors (Lipinski definition) is 2. The highest BCUT2D eigenvalue weighted by atomic mass is 35.5. The Balaban J connectivity index is 2.82. The fourth-order valence-corrected chi connectivity index (χ4v) is 1.79. The molecule has 0 saturated heterocycles. The molecule has 1 aromatic carbocycles. The Hall–Kier alpha value is -0.770. The van der Waals surface area contributed by atoms with Crippen molar-refractivity contribution in [2.45, 2.75) is 13.0 Å². The second-order valence-corrected chi connectivity index (χ2v) is 3.96. The summed E-state index contributed by atoms with van der Waals surface area (Å²) in [5, 5.41) is 12.2. The summed E-state index contributed by atoms with van der Waals surface area (Å²) in [5.41, 5.74) is 0.767. The van der Waals surface area contributed by atoms with Gasteiger partial charge in [0, 0.05) is 10.0 Å². The molecule has 0 aliphatic carbocycles. The van der Waals surface area contributed by atoms with Crippen LogP contribution in [0.5, 0.6) is 0 Å². The summed E-state index contributed by atoms with van der Waals surface area (Å²) in [6.07, 6.45) is 0. The van der Waals surface area contributed by atoms with E-state index in [1.807, 2.05) is 0 Å². The molecule has 1 amide bonds. The number of nitrogens with one attached hydrogen (secondary N) is 1. The third kappa shape index (κ3) is 3.38. The summed E-state index contributed by atoms with van der Waals surface area (Å²) in [6, 6.07) is 4.80. The van der Waals surface area contributed by atoms with Crippen LogP contribution in [0.3, 0.4) is 0 Å². The summed E-state index contributed by atoms with van der Waals surface area (Å²) in [6.45, 7) is 1.25. The standard InChI is InChI=1S/C10H11Cl2NO2/c1-6(13-10(15)5-14)8-3-2-7(11)4-9(8)12/h2-4,6,14H,5H2,1H3,(H,13,15). The number of aliphatic hydroxyl groups excluding tert-OH is 1. The fraction of sp³-hybridized carbons (Fsp3) is 0.300. The van der Waals surface area contributed by atoms with Gasteiger partial charge in [0.25, 0.3) is 0 Å². The van der Waals surface area contributed by atoms with E-state index in [0.717, 1.165) is 5.56 Å². The minimum absolute atomic E-state index is 0.255. The van der Waals surface area contributed by atoms with Crippen LogP contribution in [-0.2, 0) is 4.79 Å². The number of aliphatic hydroxyl groups is 1. The number of amides is 1. The molecule has 0 spiro atoms. The smallest absolute Gasteiger partial charge is 0.246 e. The van der Waals surface area contributed by atoms with Gasteiger partial charge in [0.05, 0.1) is 6.04 Å². The average Bonchev–Trinajstić information content (AvgIpc) is 2.17. The number of carbonyl (C=O) groups excluding carboxylic acids is 1. The third-order valence-corrected chi connectivity index (χ3v) is 2.51. The summed E-state index contributed by atoms with van der Waals surface area (Å²) >= 11 is 11.7. The van der Waals surface area contributed by atoms with Gasteiger partial charge in [-0.05, 0) is 24.6 Å². The van der Waals surface area contributed by atoms with Gasteiger partial charge in [0.15, 0.2) is 0 Å². The van der Waals surface area contributed by atoms with Gasteiger partial charge in [-0.15, -0.1) is 0 Å². The first-order valence-electron chi connectivity index (χ1n) is 4.39. The Bertz CT molecular complexity index is 368. The van der Waals surface area contributed by atoms with Gasteiger partial charge in [0.1, 0.15) is 6.61 Å². The van der Waals surface area contributed by atoms with Crippen molar-refractivity contribution in [2.24, 2.45) is 0 Å². The number of rotatable bonds is 3. The molecule has 0 aliphatic rings. The van der Waals surface area contributed by atoms with Crippen LogP contribution in [0.1, 0.15) is 18.5 Å². The van der Waals surface area contributed by atoms with Gasteiger partial charge in [-0.3, -0.25) is 4.79 Å². The molecular formula is C10H11Cl2NO2. The molecule has 0 heterocycles. The van der Waals surface area contributed by atoms with Crippen LogP contribution >= 0.6 is 23.2 Å². The molecule has 0 aromatic heterocycles. The van der Waals surface area contributed by atoms with Crippen molar-refractivity contribution in [1.82, 2.24) is 5.32 Å². The lowest BCUT2D eigenvalue weighted by atomic mass is 10.1. The summed E-state index contributed by atoms with van der Waals surface area (Å²) in [7, 11) is 0. The molecule has 0 fully saturated rings. The number of hydrogen-bond acceptors (Lipinski definition) is 2. The van der Waals surface area contributed by atoms with E-state index in [-0.39, 0.29) is 6.04 Å². The molecule has 0 radical (unpaired) electrons.